The number of carbonyl (C=O) groups excluding carboxylic acids is 1. The highest BCUT2D eigenvalue weighted by Gasteiger charge is 2.12. The Kier molecular flexibility index (Phi) is 7.03. The van der Waals surface area contributed by atoms with Gasteiger partial charge in [0.05, 0.1) is 30.4 Å². The smallest absolute Gasteiger partial charge is 0.273 e. The van der Waals surface area contributed by atoms with E-state index in [1.54, 1.807) is 6.07 Å². The van der Waals surface area contributed by atoms with E-state index in [0.717, 1.165) is 0 Å². The van der Waals surface area contributed by atoms with Gasteiger partial charge in [-0.15, -0.1) is 0 Å². The third-order valence-corrected chi connectivity index (χ3v) is 2.72. The lowest BCUT2D eigenvalue weighted by atomic mass is 10.2. The number of benzene rings is 1. The van der Waals surface area contributed by atoms with Crippen LogP contribution in [0.2, 0.25) is 0 Å². The third-order valence-electron chi connectivity index (χ3n) is 2.72. The molecule has 9 nitrogen and oxygen atoms in total. The lowest BCUT2D eigenvalue weighted by Crippen LogP contribution is -2.28. The molecule has 0 aliphatic carbocycles. The average Bonchev–Trinajstić information content (AvgIpc) is 2.55. The zero-order valence-corrected chi connectivity index (χ0v) is 12.7. The number of hydrogen-bond acceptors (Lipinski definition) is 7. The van der Waals surface area contributed by atoms with E-state index in [0.29, 0.717) is 12.3 Å². The number of anilines is 1. The van der Waals surface area contributed by atoms with Crippen LogP contribution in [0.15, 0.2) is 30.0 Å². The molecule has 0 spiro atoms. The number of carbonyl (C=O) groups is 1. The van der Waals surface area contributed by atoms with Crippen LogP contribution in [-0.2, 0) is 9.53 Å². The minimum atomic E-state index is -0.557. The van der Waals surface area contributed by atoms with E-state index in [-0.39, 0.29) is 23.6 Å². The fourth-order valence-corrected chi connectivity index (χ4v) is 1.57. The summed E-state index contributed by atoms with van der Waals surface area (Å²) in [6, 6.07) is 5.70. The van der Waals surface area contributed by atoms with Gasteiger partial charge in [-0.1, -0.05) is 0 Å². The van der Waals surface area contributed by atoms with Gasteiger partial charge in [0, 0.05) is 25.9 Å². The molecule has 0 radical (unpaired) electrons. The molecule has 0 saturated heterocycles. The summed E-state index contributed by atoms with van der Waals surface area (Å²) in [7, 11) is 2.85. The number of non-ortho nitro benzene ring substituents is 1. The van der Waals surface area contributed by atoms with Gasteiger partial charge in [-0.3, -0.25) is 14.9 Å². The van der Waals surface area contributed by atoms with Crippen LogP contribution in [0.5, 0.6) is 5.75 Å². The van der Waals surface area contributed by atoms with E-state index < -0.39 is 10.8 Å². The molecule has 0 atom stereocenters. The van der Waals surface area contributed by atoms with Crippen LogP contribution in [0.25, 0.3) is 0 Å². The summed E-state index contributed by atoms with van der Waals surface area (Å²) in [5.74, 6) is -0.342. The maximum absolute atomic E-state index is 11.8. The lowest BCUT2D eigenvalue weighted by Gasteiger charge is -2.08. The van der Waals surface area contributed by atoms with E-state index in [9.17, 15) is 14.9 Å². The van der Waals surface area contributed by atoms with Crippen molar-refractivity contribution in [1.82, 2.24) is 5.32 Å². The van der Waals surface area contributed by atoms with Crippen LogP contribution in [0.1, 0.15) is 0 Å². The summed E-state index contributed by atoms with van der Waals surface area (Å²) < 4.78 is 9.84. The van der Waals surface area contributed by atoms with Crippen LogP contribution in [0.3, 0.4) is 0 Å². The van der Waals surface area contributed by atoms with E-state index in [2.05, 4.69) is 10.6 Å². The minimum absolute atomic E-state index is 0.130. The molecule has 0 aliphatic rings. The standard InChI is InChI=1S/C14H16N4O5/c1-22-6-5-16-14(19)10(8-15)9-17-12-4-3-11(18(20)21)7-13(12)23-2/h3-4,7,9,17H,5-6H2,1-2H3,(H,16,19)/b10-9-. The molecule has 9 heteroatoms. The Morgan fingerprint density at radius 3 is 2.78 bits per heavy atom. The molecule has 1 amide bonds. The number of methoxy groups -OCH3 is 2. The van der Waals surface area contributed by atoms with Crippen molar-refractivity contribution in [3.8, 4) is 11.8 Å². The van der Waals surface area contributed by atoms with Gasteiger partial charge in [0.1, 0.15) is 17.4 Å². The predicted molar refractivity (Wildman–Crippen MR) is 81.9 cm³/mol. The molecule has 0 heterocycles. The van der Waals surface area contributed by atoms with E-state index >= 15 is 0 Å². The van der Waals surface area contributed by atoms with Crippen LogP contribution in [0.4, 0.5) is 11.4 Å². The van der Waals surface area contributed by atoms with E-state index in [1.165, 1.54) is 38.6 Å². The molecule has 1 aromatic rings. The van der Waals surface area contributed by atoms with Crippen molar-refractivity contribution >= 4 is 17.3 Å². The average molecular weight is 320 g/mol. The molecule has 2 N–H and O–H groups in total. The second kappa shape index (κ2) is 9.01. The number of ether oxygens (including phenoxy) is 2. The van der Waals surface area contributed by atoms with Crippen molar-refractivity contribution in [1.29, 1.82) is 5.26 Å². The summed E-state index contributed by atoms with van der Waals surface area (Å²) in [6.07, 6.45) is 1.20. The fourth-order valence-electron chi connectivity index (χ4n) is 1.57. The first-order valence-corrected chi connectivity index (χ1v) is 6.49. The number of nitrogens with one attached hydrogen (secondary N) is 2. The molecule has 1 aromatic carbocycles. The van der Waals surface area contributed by atoms with Gasteiger partial charge >= 0.3 is 0 Å². The number of nitrogens with zero attached hydrogens (tertiary/aromatic N) is 2. The first kappa shape index (κ1) is 17.9. The lowest BCUT2D eigenvalue weighted by molar-refractivity contribution is -0.384. The molecule has 23 heavy (non-hydrogen) atoms. The fraction of sp³-hybridized carbons (Fsp3) is 0.286. The Balaban J connectivity index is 2.87. The monoisotopic (exact) mass is 320 g/mol. The predicted octanol–water partition coefficient (Wildman–Crippen LogP) is 1.19. The van der Waals surface area contributed by atoms with Crippen LogP contribution < -0.4 is 15.4 Å². The van der Waals surface area contributed by atoms with Crippen LogP contribution in [-0.4, -0.2) is 38.2 Å². The van der Waals surface area contributed by atoms with E-state index in [1.807, 2.05) is 0 Å². The van der Waals surface area contributed by atoms with Gasteiger partial charge in [0.15, 0.2) is 0 Å². The van der Waals surface area contributed by atoms with Gasteiger partial charge in [0.2, 0.25) is 0 Å². The van der Waals surface area contributed by atoms with Crippen molar-refractivity contribution < 1.29 is 19.2 Å². The van der Waals surface area contributed by atoms with Crippen LogP contribution in [0, 0.1) is 21.4 Å². The highest BCUT2D eigenvalue weighted by Crippen LogP contribution is 2.29. The number of hydrogen-bond donors (Lipinski definition) is 2. The van der Waals surface area contributed by atoms with Gasteiger partial charge in [0.25, 0.3) is 11.6 Å². The Morgan fingerprint density at radius 1 is 1.48 bits per heavy atom. The minimum Gasteiger partial charge on any atom is -0.494 e. The summed E-state index contributed by atoms with van der Waals surface area (Å²) in [6.45, 7) is 0.600. The van der Waals surface area contributed by atoms with E-state index in [4.69, 9.17) is 14.7 Å². The van der Waals surface area contributed by atoms with Gasteiger partial charge in [-0.05, 0) is 6.07 Å². The molecular formula is C14H16N4O5. The first-order valence-electron chi connectivity index (χ1n) is 6.49. The highest BCUT2D eigenvalue weighted by atomic mass is 16.6. The van der Waals surface area contributed by atoms with Crippen molar-refractivity contribution in [2.45, 2.75) is 0 Å². The highest BCUT2D eigenvalue weighted by molar-refractivity contribution is 5.97. The van der Waals surface area contributed by atoms with Crippen molar-refractivity contribution in [2.75, 3.05) is 32.7 Å². The maximum Gasteiger partial charge on any atom is 0.273 e. The second-order valence-corrected chi connectivity index (χ2v) is 4.20. The molecule has 122 valence electrons. The number of rotatable bonds is 8. The molecule has 0 aromatic heterocycles. The second-order valence-electron chi connectivity index (χ2n) is 4.20. The Labute approximate surface area is 132 Å². The molecular weight excluding hydrogens is 304 g/mol. The van der Waals surface area contributed by atoms with Gasteiger partial charge < -0.3 is 20.1 Å². The number of nitro benzene ring substituents is 1. The quantitative estimate of drug-likeness (QED) is 0.242. The molecule has 0 bridgehead atoms. The van der Waals surface area contributed by atoms with Crippen LogP contribution >= 0.6 is 0 Å². The van der Waals surface area contributed by atoms with Gasteiger partial charge in [-0.25, -0.2) is 0 Å². The number of nitriles is 1. The topological polar surface area (TPSA) is 127 Å². The third kappa shape index (κ3) is 5.29. The van der Waals surface area contributed by atoms with Crippen molar-refractivity contribution in [3.05, 3.63) is 40.1 Å². The summed E-state index contributed by atoms with van der Waals surface area (Å²) in [5.41, 5.74) is 0.103. The zero-order chi connectivity index (χ0) is 17.2. The normalized spacial score (nSPS) is 10.6. The Hall–Kier alpha value is -3.12. The first-order chi connectivity index (χ1) is 11.0. The van der Waals surface area contributed by atoms with Crippen molar-refractivity contribution in [3.63, 3.8) is 0 Å². The molecule has 0 saturated carbocycles. The summed E-state index contributed by atoms with van der Waals surface area (Å²) in [5, 5.41) is 25.0. The molecule has 1 rings (SSSR count). The Morgan fingerprint density at radius 2 is 2.22 bits per heavy atom. The summed E-state index contributed by atoms with van der Waals surface area (Å²) in [4.78, 5) is 21.9. The molecule has 0 fully saturated rings. The number of amides is 1. The largest absolute Gasteiger partial charge is 0.494 e. The molecule has 0 aliphatic heterocycles. The molecule has 0 unspecified atom stereocenters. The summed E-state index contributed by atoms with van der Waals surface area (Å²) >= 11 is 0. The Bertz CT molecular complexity index is 651. The number of nitro groups is 1. The zero-order valence-electron chi connectivity index (χ0n) is 12.7. The van der Waals surface area contributed by atoms with Gasteiger partial charge in [-0.2, -0.15) is 5.26 Å². The van der Waals surface area contributed by atoms with Crippen molar-refractivity contribution in [2.24, 2.45) is 0 Å². The SMILES string of the molecule is COCCNC(=O)/C(C#N)=C\Nc1ccc([N+](=O)[O-])cc1OC. The maximum atomic E-state index is 11.8.